The zero-order valence-corrected chi connectivity index (χ0v) is 12.3. The van der Waals surface area contributed by atoms with Crippen molar-refractivity contribution < 1.29 is 8.42 Å². The standard InChI is InChI=1S/C13H14N2O3S2/c16-11-4-5-14-8-13(11)20(17,18)15-7-10-6-9-2-1-3-12(9)19-10/h4-6,8,15H,1-3,7H2,(H,14,16). The summed E-state index contributed by atoms with van der Waals surface area (Å²) in [7, 11) is -3.77. The summed E-state index contributed by atoms with van der Waals surface area (Å²) in [6.07, 6.45) is 5.97. The van der Waals surface area contributed by atoms with Crippen LogP contribution < -0.4 is 10.2 Å². The first-order valence-corrected chi connectivity index (χ1v) is 8.63. The van der Waals surface area contributed by atoms with E-state index in [4.69, 9.17) is 0 Å². The molecule has 5 nitrogen and oxygen atoms in total. The Balaban J connectivity index is 1.77. The van der Waals surface area contributed by atoms with Crippen LogP contribution >= 0.6 is 11.3 Å². The lowest BCUT2D eigenvalue weighted by molar-refractivity contribution is 0.580. The van der Waals surface area contributed by atoms with Crippen molar-refractivity contribution in [1.29, 1.82) is 0 Å². The number of aryl methyl sites for hydroxylation is 2. The molecule has 1 aliphatic carbocycles. The highest BCUT2D eigenvalue weighted by atomic mass is 32.2. The molecule has 2 aromatic rings. The highest BCUT2D eigenvalue weighted by molar-refractivity contribution is 7.89. The highest BCUT2D eigenvalue weighted by Gasteiger charge is 2.19. The van der Waals surface area contributed by atoms with Gasteiger partial charge in [0.05, 0.1) is 0 Å². The fourth-order valence-corrected chi connectivity index (χ4v) is 4.68. The quantitative estimate of drug-likeness (QED) is 0.896. The lowest BCUT2D eigenvalue weighted by atomic mass is 10.2. The topological polar surface area (TPSA) is 79.0 Å². The Labute approximate surface area is 120 Å². The number of aromatic amines is 1. The predicted octanol–water partition coefficient (Wildman–Crippen LogP) is 1.40. The van der Waals surface area contributed by atoms with E-state index in [0.29, 0.717) is 0 Å². The molecule has 0 atom stereocenters. The van der Waals surface area contributed by atoms with Crippen molar-refractivity contribution in [3.63, 3.8) is 0 Å². The number of hydrogen-bond acceptors (Lipinski definition) is 4. The maximum absolute atomic E-state index is 12.1. The normalized spacial score (nSPS) is 14.4. The van der Waals surface area contributed by atoms with Crippen LogP contribution in [0.15, 0.2) is 34.2 Å². The minimum atomic E-state index is -3.77. The van der Waals surface area contributed by atoms with Crippen LogP contribution in [-0.4, -0.2) is 13.4 Å². The van der Waals surface area contributed by atoms with E-state index in [-0.39, 0.29) is 11.4 Å². The van der Waals surface area contributed by atoms with Crippen molar-refractivity contribution in [3.05, 3.63) is 50.1 Å². The van der Waals surface area contributed by atoms with Gasteiger partial charge in [-0.1, -0.05) is 0 Å². The van der Waals surface area contributed by atoms with E-state index in [1.54, 1.807) is 11.3 Å². The Morgan fingerprint density at radius 3 is 2.95 bits per heavy atom. The Hall–Kier alpha value is -1.44. The number of pyridine rings is 1. The van der Waals surface area contributed by atoms with E-state index in [1.165, 1.54) is 35.3 Å². The molecule has 0 amide bonds. The molecule has 0 aliphatic heterocycles. The minimum absolute atomic E-state index is 0.230. The first kappa shape index (κ1) is 13.5. The van der Waals surface area contributed by atoms with Gasteiger partial charge in [0.1, 0.15) is 4.90 Å². The number of sulfonamides is 1. The van der Waals surface area contributed by atoms with Crippen LogP contribution in [0.5, 0.6) is 0 Å². The Morgan fingerprint density at radius 1 is 1.35 bits per heavy atom. The van der Waals surface area contributed by atoms with E-state index in [2.05, 4.69) is 15.8 Å². The van der Waals surface area contributed by atoms with E-state index in [9.17, 15) is 13.2 Å². The van der Waals surface area contributed by atoms with Crippen LogP contribution in [0.25, 0.3) is 0 Å². The third kappa shape index (κ3) is 2.56. The van der Waals surface area contributed by atoms with Gasteiger partial charge in [-0.3, -0.25) is 4.79 Å². The number of rotatable bonds is 4. The van der Waals surface area contributed by atoms with Gasteiger partial charge >= 0.3 is 0 Å². The molecule has 0 aromatic carbocycles. The number of fused-ring (bicyclic) bond motifs is 1. The van der Waals surface area contributed by atoms with Gasteiger partial charge in [-0.25, -0.2) is 13.1 Å². The van der Waals surface area contributed by atoms with Gasteiger partial charge in [0.25, 0.3) is 0 Å². The first-order chi connectivity index (χ1) is 9.56. The molecule has 3 rings (SSSR count). The molecule has 0 saturated carbocycles. The van der Waals surface area contributed by atoms with Gasteiger partial charge < -0.3 is 4.98 Å². The van der Waals surface area contributed by atoms with E-state index in [1.807, 2.05) is 0 Å². The van der Waals surface area contributed by atoms with Gasteiger partial charge in [-0.15, -0.1) is 11.3 Å². The van der Waals surface area contributed by atoms with Gasteiger partial charge in [-0.2, -0.15) is 0 Å². The van der Waals surface area contributed by atoms with E-state index in [0.717, 1.165) is 17.7 Å². The average molecular weight is 310 g/mol. The first-order valence-electron chi connectivity index (χ1n) is 6.33. The lowest BCUT2D eigenvalue weighted by Crippen LogP contribution is -2.27. The van der Waals surface area contributed by atoms with Crippen LogP contribution in [0.4, 0.5) is 0 Å². The van der Waals surface area contributed by atoms with Crippen molar-refractivity contribution in [2.24, 2.45) is 0 Å². The summed E-state index contributed by atoms with van der Waals surface area (Å²) in [5.74, 6) is 0. The Kier molecular flexibility index (Phi) is 3.49. The summed E-state index contributed by atoms with van der Waals surface area (Å²) in [4.78, 5) is 16.3. The monoisotopic (exact) mass is 310 g/mol. The predicted molar refractivity (Wildman–Crippen MR) is 77.4 cm³/mol. The zero-order valence-electron chi connectivity index (χ0n) is 10.7. The average Bonchev–Trinajstić information content (AvgIpc) is 2.97. The van der Waals surface area contributed by atoms with Crippen molar-refractivity contribution >= 4 is 21.4 Å². The molecule has 106 valence electrons. The van der Waals surface area contributed by atoms with Gasteiger partial charge in [0.15, 0.2) is 0 Å². The fourth-order valence-electron chi connectivity index (χ4n) is 2.33. The molecule has 0 saturated heterocycles. The molecular formula is C13H14N2O3S2. The van der Waals surface area contributed by atoms with Gasteiger partial charge in [0.2, 0.25) is 15.5 Å². The molecule has 0 fully saturated rings. The summed E-state index contributed by atoms with van der Waals surface area (Å²) in [6.45, 7) is 0.230. The fraction of sp³-hybridized carbons (Fsp3) is 0.308. The zero-order chi connectivity index (χ0) is 14.2. The second-order valence-electron chi connectivity index (χ2n) is 4.71. The minimum Gasteiger partial charge on any atom is -0.366 e. The number of H-pyrrole nitrogens is 1. The summed E-state index contributed by atoms with van der Waals surface area (Å²) in [5, 5.41) is 0. The second kappa shape index (κ2) is 5.16. The summed E-state index contributed by atoms with van der Waals surface area (Å²) in [5.41, 5.74) is 0.826. The van der Waals surface area contributed by atoms with Crippen LogP contribution in [0.3, 0.4) is 0 Å². The molecule has 2 N–H and O–H groups in total. The van der Waals surface area contributed by atoms with Crippen molar-refractivity contribution in [2.45, 2.75) is 30.7 Å². The number of aromatic nitrogens is 1. The van der Waals surface area contributed by atoms with E-state index < -0.39 is 15.5 Å². The van der Waals surface area contributed by atoms with Crippen LogP contribution in [-0.2, 0) is 29.4 Å². The summed E-state index contributed by atoms with van der Waals surface area (Å²) in [6, 6.07) is 3.26. The molecule has 0 bridgehead atoms. The number of nitrogens with one attached hydrogen (secondary N) is 2. The van der Waals surface area contributed by atoms with Crippen molar-refractivity contribution in [1.82, 2.24) is 9.71 Å². The molecular weight excluding hydrogens is 296 g/mol. The summed E-state index contributed by atoms with van der Waals surface area (Å²) >= 11 is 1.65. The van der Waals surface area contributed by atoms with Gasteiger partial charge in [0, 0.05) is 34.8 Å². The maximum Gasteiger partial charge on any atom is 0.246 e. The van der Waals surface area contributed by atoms with Crippen molar-refractivity contribution in [2.75, 3.05) is 0 Å². The van der Waals surface area contributed by atoms with E-state index >= 15 is 0 Å². The smallest absolute Gasteiger partial charge is 0.246 e. The largest absolute Gasteiger partial charge is 0.366 e. The molecule has 0 spiro atoms. The second-order valence-corrected chi connectivity index (χ2v) is 7.67. The Morgan fingerprint density at radius 2 is 2.20 bits per heavy atom. The van der Waals surface area contributed by atoms with Crippen LogP contribution in [0.2, 0.25) is 0 Å². The molecule has 0 unspecified atom stereocenters. The molecule has 20 heavy (non-hydrogen) atoms. The van der Waals surface area contributed by atoms with Crippen LogP contribution in [0.1, 0.15) is 21.7 Å². The number of hydrogen-bond donors (Lipinski definition) is 2. The van der Waals surface area contributed by atoms with Crippen LogP contribution in [0, 0.1) is 0 Å². The summed E-state index contributed by atoms with van der Waals surface area (Å²) < 4.78 is 26.6. The molecule has 1 aliphatic rings. The molecule has 7 heteroatoms. The van der Waals surface area contributed by atoms with Crippen molar-refractivity contribution in [3.8, 4) is 0 Å². The third-order valence-electron chi connectivity index (χ3n) is 3.31. The lowest BCUT2D eigenvalue weighted by Gasteiger charge is -2.04. The number of thiophene rings is 1. The SMILES string of the molecule is O=c1cc[nH]cc1S(=O)(=O)NCc1cc2c(s1)CCC2. The maximum atomic E-state index is 12.1. The van der Waals surface area contributed by atoms with Gasteiger partial charge in [-0.05, 0) is 30.9 Å². The highest BCUT2D eigenvalue weighted by Crippen LogP contribution is 2.30. The molecule has 2 heterocycles. The Bertz CT molecular complexity index is 768. The molecule has 0 radical (unpaired) electrons. The molecule has 2 aromatic heterocycles. The third-order valence-corrected chi connectivity index (χ3v) is 5.97.